The third kappa shape index (κ3) is 2.55. The van der Waals surface area contributed by atoms with Crippen molar-refractivity contribution >= 4 is 11.6 Å². The van der Waals surface area contributed by atoms with Gasteiger partial charge in [0.1, 0.15) is 22.7 Å². The largest absolute Gasteiger partial charge is 0.456 e. The van der Waals surface area contributed by atoms with Crippen molar-refractivity contribution in [2.45, 2.75) is 6.92 Å². The van der Waals surface area contributed by atoms with Gasteiger partial charge in [0.2, 0.25) is 0 Å². The summed E-state index contributed by atoms with van der Waals surface area (Å²) in [7, 11) is 0. The Morgan fingerprint density at radius 3 is 2.82 bits per heavy atom. The standard InChI is InChI=1S/C13H9ClN2O/c1-9-8-16-13(14)6-12(9)17-11-5-3-2-4-10(11)7-15/h2-6,8H,1H3. The highest BCUT2D eigenvalue weighted by atomic mass is 35.5. The van der Waals surface area contributed by atoms with E-state index in [1.165, 1.54) is 0 Å². The molecular weight excluding hydrogens is 236 g/mol. The Labute approximate surface area is 104 Å². The fourth-order valence-electron chi connectivity index (χ4n) is 1.36. The number of ether oxygens (including phenoxy) is 1. The van der Waals surface area contributed by atoms with Gasteiger partial charge in [0, 0.05) is 17.8 Å². The third-order valence-electron chi connectivity index (χ3n) is 2.25. The van der Waals surface area contributed by atoms with Crippen LogP contribution in [0, 0.1) is 18.3 Å². The van der Waals surface area contributed by atoms with Crippen molar-refractivity contribution in [1.29, 1.82) is 5.26 Å². The Kier molecular flexibility index (Phi) is 3.27. The van der Waals surface area contributed by atoms with Crippen LogP contribution >= 0.6 is 11.6 Å². The molecule has 0 fully saturated rings. The molecular formula is C13H9ClN2O. The van der Waals surface area contributed by atoms with Gasteiger partial charge < -0.3 is 4.74 Å². The number of hydrogen-bond donors (Lipinski definition) is 0. The number of aryl methyl sites for hydroxylation is 1. The molecule has 0 unspecified atom stereocenters. The Bertz CT molecular complexity index is 590. The van der Waals surface area contributed by atoms with E-state index in [4.69, 9.17) is 21.6 Å². The van der Waals surface area contributed by atoms with Crippen LogP contribution in [0.15, 0.2) is 36.5 Å². The average molecular weight is 245 g/mol. The molecule has 0 radical (unpaired) electrons. The SMILES string of the molecule is Cc1cnc(Cl)cc1Oc1ccccc1C#N. The maximum atomic E-state index is 8.95. The number of nitriles is 1. The van der Waals surface area contributed by atoms with Gasteiger partial charge >= 0.3 is 0 Å². The molecule has 3 nitrogen and oxygen atoms in total. The molecule has 0 saturated heterocycles. The molecule has 0 amide bonds. The highest BCUT2D eigenvalue weighted by molar-refractivity contribution is 6.29. The van der Waals surface area contributed by atoms with Crippen LogP contribution in [0.4, 0.5) is 0 Å². The van der Waals surface area contributed by atoms with E-state index in [-0.39, 0.29) is 0 Å². The van der Waals surface area contributed by atoms with E-state index in [1.807, 2.05) is 13.0 Å². The summed E-state index contributed by atoms with van der Waals surface area (Å²) in [5.74, 6) is 1.12. The van der Waals surface area contributed by atoms with Gasteiger partial charge in [-0.3, -0.25) is 0 Å². The number of halogens is 1. The number of aromatic nitrogens is 1. The van der Waals surface area contributed by atoms with Gasteiger partial charge in [-0.25, -0.2) is 4.98 Å². The van der Waals surface area contributed by atoms with Crippen molar-refractivity contribution in [2.75, 3.05) is 0 Å². The predicted molar refractivity (Wildman–Crippen MR) is 65.2 cm³/mol. The Morgan fingerprint density at radius 2 is 2.06 bits per heavy atom. The van der Waals surface area contributed by atoms with E-state index in [0.29, 0.717) is 22.2 Å². The van der Waals surface area contributed by atoms with Gasteiger partial charge in [0.15, 0.2) is 0 Å². The monoisotopic (exact) mass is 244 g/mol. The maximum absolute atomic E-state index is 8.95. The first kappa shape index (κ1) is 11.4. The molecule has 1 heterocycles. The molecule has 1 aromatic heterocycles. The van der Waals surface area contributed by atoms with E-state index in [1.54, 1.807) is 30.5 Å². The quantitative estimate of drug-likeness (QED) is 0.757. The molecule has 17 heavy (non-hydrogen) atoms. The summed E-state index contributed by atoms with van der Waals surface area (Å²) in [5, 5.41) is 9.31. The number of benzene rings is 1. The zero-order chi connectivity index (χ0) is 12.3. The minimum atomic E-state index is 0.361. The van der Waals surface area contributed by atoms with Crippen molar-refractivity contribution < 1.29 is 4.74 Å². The van der Waals surface area contributed by atoms with Crippen LogP contribution in [-0.4, -0.2) is 4.98 Å². The molecule has 2 aromatic rings. The summed E-state index contributed by atoms with van der Waals surface area (Å²) in [4.78, 5) is 3.94. The van der Waals surface area contributed by atoms with Crippen LogP contribution in [0.1, 0.15) is 11.1 Å². The van der Waals surface area contributed by atoms with Crippen molar-refractivity contribution in [1.82, 2.24) is 4.98 Å². The molecule has 0 aliphatic rings. The maximum Gasteiger partial charge on any atom is 0.145 e. The van der Waals surface area contributed by atoms with Gasteiger partial charge in [-0.15, -0.1) is 0 Å². The number of nitrogens with zero attached hydrogens (tertiary/aromatic N) is 2. The minimum absolute atomic E-state index is 0.361. The molecule has 84 valence electrons. The highest BCUT2D eigenvalue weighted by Crippen LogP contribution is 2.28. The molecule has 0 aliphatic heterocycles. The normalized spacial score (nSPS) is 9.71. The van der Waals surface area contributed by atoms with E-state index >= 15 is 0 Å². The van der Waals surface area contributed by atoms with E-state index < -0.39 is 0 Å². The fourth-order valence-corrected chi connectivity index (χ4v) is 1.51. The fraction of sp³-hybridized carbons (Fsp3) is 0.0769. The second-order valence-electron chi connectivity index (χ2n) is 3.48. The van der Waals surface area contributed by atoms with Gasteiger partial charge in [0.05, 0.1) is 5.56 Å². The molecule has 1 aromatic carbocycles. The summed E-state index contributed by atoms with van der Waals surface area (Å²) in [6.45, 7) is 1.87. The first-order valence-electron chi connectivity index (χ1n) is 5.00. The lowest BCUT2D eigenvalue weighted by Crippen LogP contribution is -1.91. The van der Waals surface area contributed by atoms with Crippen molar-refractivity contribution in [3.05, 3.63) is 52.8 Å². The van der Waals surface area contributed by atoms with E-state index in [9.17, 15) is 0 Å². The van der Waals surface area contributed by atoms with Crippen LogP contribution in [-0.2, 0) is 0 Å². The summed E-state index contributed by atoms with van der Waals surface area (Å²) >= 11 is 5.80. The lowest BCUT2D eigenvalue weighted by atomic mass is 10.2. The Hall–Kier alpha value is -2.05. The molecule has 2 rings (SSSR count). The molecule has 4 heteroatoms. The Balaban J connectivity index is 2.38. The lowest BCUT2D eigenvalue weighted by Gasteiger charge is -2.09. The summed E-state index contributed by atoms with van der Waals surface area (Å²) in [6.07, 6.45) is 1.63. The van der Waals surface area contributed by atoms with Crippen molar-refractivity contribution in [2.24, 2.45) is 0 Å². The van der Waals surface area contributed by atoms with E-state index in [2.05, 4.69) is 11.1 Å². The van der Waals surface area contributed by atoms with Crippen molar-refractivity contribution in [3.63, 3.8) is 0 Å². The van der Waals surface area contributed by atoms with Crippen LogP contribution in [0.25, 0.3) is 0 Å². The van der Waals surface area contributed by atoms with Crippen LogP contribution < -0.4 is 4.74 Å². The van der Waals surface area contributed by atoms with Crippen molar-refractivity contribution in [3.8, 4) is 17.6 Å². The second kappa shape index (κ2) is 4.86. The highest BCUT2D eigenvalue weighted by Gasteiger charge is 2.06. The lowest BCUT2D eigenvalue weighted by molar-refractivity contribution is 0.476. The smallest absolute Gasteiger partial charge is 0.145 e. The zero-order valence-corrected chi connectivity index (χ0v) is 9.90. The molecule has 0 saturated carbocycles. The van der Waals surface area contributed by atoms with Crippen LogP contribution in [0.2, 0.25) is 5.15 Å². The first-order chi connectivity index (χ1) is 8.20. The number of hydrogen-bond acceptors (Lipinski definition) is 3. The van der Waals surface area contributed by atoms with Crippen LogP contribution in [0.3, 0.4) is 0 Å². The summed E-state index contributed by atoms with van der Waals surface area (Å²) < 4.78 is 5.67. The molecule has 0 N–H and O–H groups in total. The third-order valence-corrected chi connectivity index (χ3v) is 2.45. The number of rotatable bonds is 2. The van der Waals surface area contributed by atoms with Gasteiger partial charge in [-0.2, -0.15) is 5.26 Å². The molecule has 0 bridgehead atoms. The van der Waals surface area contributed by atoms with Gasteiger partial charge in [-0.05, 0) is 19.1 Å². The van der Waals surface area contributed by atoms with E-state index in [0.717, 1.165) is 5.56 Å². The average Bonchev–Trinajstić information content (AvgIpc) is 2.34. The number of para-hydroxylation sites is 1. The van der Waals surface area contributed by atoms with Gasteiger partial charge in [0.25, 0.3) is 0 Å². The first-order valence-corrected chi connectivity index (χ1v) is 5.37. The van der Waals surface area contributed by atoms with Gasteiger partial charge in [-0.1, -0.05) is 23.7 Å². The predicted octanol–water partition coefficient (Wildman–Crippen LogP) is 3.71. The topological polar surface area (TPSA) is 45.9 Å². The summed E-state index contributed by atoms with van der Waals surface area (Å²) in [5.41, 5.74) is 1.35. The molecule has 0 aliphatic carbocycles. The minimum Gasteiger partial charge on any atom is -0.456 e. The summed E-state index contributed by atoms with van der Waals surface area (Å²) in [6, 6.07) is 10.8. The zero-order valence-electron chi connectivity index (χ0n) is 9.14. The Morgan fingerprint density at radius 1 is 1.29 bits per heavy atom. The molecule has 0 spiro atoms. The number of pyridine rings is 1. The second-order valence-corrected chi connectivity index (χ2v) is 3.87. The molecule has 0 atom stereocenters. The van der Waals surface area contributed by atoms with Crippen LogP contribution in [0.5, 0.6) is 11.5 Å².